The lowest BCUT2D eigenvalue weighted by atomic mass is 10.2. The highest BCUT2D eigenvalue weighted by Gasteiger charge is 2.27. The minimum Gasteiger partial charge on any atom is -0.450 e. The summed E-state index contributed by atoms with van der Waals surface area (Å²) >= 11 is 0. The van der Waals surface area contributed by atoms with Crippen LogP contribution < -0.4 is 0 Å². The molecule has 2 heterocycles. The van der Waals surface area contributed by atoms with Gasteiger partial charge in [-0.25, -0.2) is 4.79 Å². The second-order valence-corrected chi connectivity index (χ2v) is 6.88. The van der Waals surface area contributed by atoms with Crippen LogP contribution in [0.15, 0.2) is 30.3 Å². The van der Waals surface area contributed by atoms with E-state index in [1.165, 1.54) is 5.56 Å². The van der Waals surface area contributed by atoms with Crippen LogP contribution in [-0.4, -0.2) is 59.2 Å². The third kappa shape index (κ3) is 3.70. The highest BCUT2D eigenvalue weighted by molar-refractivity contribution is 5.96. The highest BCUT2D eigenvalue weighted by Crippen LogP contribution is 2.24. The molecular weight excluding hydrogens is 342 g/mol. The fraction of sp³-hybridized carbons (Fsp3) is 0.429. The van der Waals surface area contributed by atoms with Crippen molar-refractivity contribution < 1.29 is 14.3 Å². The second kappa shape index (κ2) is 7.86. The van der Waals surface area contributed by atoms with Gasteiger partial charge in [-0.05, 0) is 45.4 Å². The number of aryl methyl sites for hydroxylation is 2. The SMILES string of the molecule is CCOC(=O)N1CCN(C(=O)c2cc(C)n(-c3ccccc3C)c2C)CC1. The van der Waals surface area contributed by atoms with Gasteiger partial charge in [0.05, 0.1) is 12.2 Å². The highest BCUT2D eigenvalue weighted by atomic mass is 16.6. The monoisotopic (exact) mass is 369 g/mol. The summed E-state index contributed by atoms with van der Waals surface area (Å²) in [7, 11) is 0. The van der Waals surface area contributed by atoms with E-state index in [2.05, 4.69) is 23.6 Å². The molecule has 0 atom stereocenters. The summed E-state index contributed by atoms with van der Waals surface area (Å²) in [6, 6.07) is 10.1. The number of benzene rings is 1. The predicted octanol–water partition coefficient (Wildman–Crippen LogP) is 3.32. The molecule has 1 aromatic heterocycles. The van der Waals surface area contributed by atoms with E-state index in [1.807, 2.05) is 36.9 Å². The van der Waals surface area contributed by atoms with Crippen molar-refractivity contribution in [1.29, 1.82) is 0 Å². The van der Waals surface area contributed by atoms with Gasteiger partial charge in [-0.2, -0.15) is 0 Å². The average molecular weight is 369 g/mol. The van der Waals surface area contributed by atoms with Crippen molar-refractivity contribution >= 4 is 12.0 Å². The van der Waals surface area contributed by atoms with Crippen LogP contribution in [0.2, 0.25) is 0 Å². The van der Waals surface area contributed by atoms with Gasteiger partial charge < -0.3 is 19.1 Å². The maximum Gasteiger partial charge on any atom is 0.409 e. The summed E-state index contributed by atoms with van der Waals surface area (Å²) in [5.41, 5.74) is 4.97. The molecule has 1 fully saturated rings. The molecule has 144 valence electrons. The molecule has 6 heteroatoms. The van der Waals surface area contributed by atoms with E-state index in [1.54, 1.807) is 11.8 Å². The number of ether oxygens (including phenoxy) is 1. The normalized spacial score (nSPS) is 14.4. The molecule has 0 saturated carbocycles. The predicted molar refractivity (Wildman–Crippen MR) is 104 cm³/mol. The molecule has 1 saturated heterocycles. The Hall–Kier alpha value is -2.76. The van der Waals surface area contributed by atoms with Crippen LogP contribution in [-0.2, 0) is 4.74 Å². The number of para-hydroxylation sites is 1. The minimum atomic E-state index is -0.303. The van der Waals surface area contributed by atoms with Crippen LogP contribution in [0.25, 0.3) is 5.69 Å². The van der Waals surface area contributed by atoms with E-state index < -0.39 is 0 Å². The molecule has 0 unspecified atom stereocenters. The van der Waals surface area contributed by atoms with Crippen molar-refractivity contribution in [2.45, 2.75) is 27.7 Å². The molecule has 2 amide bonds. The van der Waals surface area contributed by atoms with E-state index in [4.69, 9.17) is 4.74 Å². The van der Waals surface area contributed by atoms with E-state index in [0.717, 1.165) is 22.6 Å². The number of piperazine rings is 1. The summed E-state index contributed by atoms with van der Waals surface area (Å²) < 4.78 is 7.18. The lowest BCUT2D eigenvalue weighted by molar-refractivity contribution is 0.0570. The van der Waals surface area contributed by atoms with Gasteiger partial charge in [-0.15, -0.1) is 0 Å². The molecule has 0 bridgehead atoms. The summed E-state index contributed by atoms with van der Waals surface area (Å²) in [5, 5.41) is 0. The van der Waals surface area contributed by atoms with Gasteiger partial charge in [0, 0.05) is 43.3 Å². The quantitative estimate of drug-likeness (QED) is 0.834. The van der Waals surface area contributed by atoms with Crippen molar-refractivity contribution in [2.24, 2.45) is 0 Å². The first-order valence-electron chi connectivity index (χ1n) is 9.40. The Balaban J connectivity index is 1.78. The van der Waals surface area contributed by atoms with Crippen LogP contribution in [0.1, 0.15) is 34.2 Å². The maximum atomic E-state index is 13.1. The molecule has 1 aliphatic rings. The van der Waals surface area contributed by atoms with Crippen molar-refractivity contribution in [3.63, 3.8) is 0 Å². The van der Waals surface area contributed by atoms with Crippen molar-refractivity contribution in [2.75, 3.05) is 32.8 Å². The molecule has 6 nitrogen and oxygen atoms in total. The number of carbonyl (C=O) groups is 2. The lowest BCUT2D eigenvalue weighted by Gasteiger charge is -2.34. The average Bonchev–Trinajstić information content (AvgIpc) is 2.96. The Bertz CT molecular complexity index is 848. The largest absolute Gasteiger partial charge is 0.450 e. The van der Waals surface area contributed by atoms with Crippen LogP contribution in [0.4, 0.5) is 4.79 Å². The molecule has 1 aliphatic heterocycles. The minimum absolute atomic E-state index is 0.0199. The zero-order valence-corrected chi connectivity index (χ0v) is 16.5. The third-order valence-electron chi connectivity index (χ3n) is 5.11. The number of hydrogen-bond acceptors (Lipinski definition) is 3. The standard InChI is InChI=1S/C21H27N3O3/c1-5-27-21(26)23-12-10-22(11-13-23)20(25)18-14-16(3)24(17(18)4)19-9-7-6-8-15(19)2/h6-9,14H,5,10-13H2,1-4H3. The smallest absolute Gasteiger partial charge is 0.409 e. The number of amides is 2. The van der Waals surface area contributed by atoms with Crippen molar-refractivity contribution in [3.8, 4) is 5.69 Å². The van der Waals surface area contributed by atoms with E-state index in [-0.39, 0.29) is 12.0 Å². The zero-order valence-electron chi connectivity index (χ0n) is 16.5. The molecule has 0 aliphatic carbocycles. The van der Waals surface area contributed by atoms with Gasteiger partial charge in [0.25, 0.3) is 5.91 Å². The molecule has 0 spiro atoms. The fourth-order valence-electron chi connectivity index (χ4n) is 3.64. The van der Waals surface area contributed by atoms with Crippen molar-refractivity contribution in [1.82, 2.24) is 14.4 Å². The fourth-order valence-corrected chi connectivity index (χ4v) is 3.64. The zero-order chi connectivity index (χ0) is 19.6. The van der Waals surface area contributed by atoms with Gasteiger partial charge in [0.15, 0.2) is 0 Å². The molecule has 0 N–H and O–H groups in total. The first kappa shape index (κ1) is 19.0. The Morgan fingerprint density at radius 2 is 1.63 bits per heavy atom. The van der Waals surface area contributed by atoms with Crippen LogP contribution >= 0.6 is 0 Å². The van der Waals surface area contributed by atoms with E-state index >= 15 is 0 Å². The van der Waals surface area contributed by atoms with Gasteiger partial charge in [-0.1, -0.05) is 18.2 Å². The van der Waals surface area contributed by atoms with Crippen LogP contribution in [0, 0.1) is 20.8 Å². The van der Waals surface area contributed by atoms with Gasteiger partial charge in [0.1, 0.15) is 0 Å². The number of rotatable bonds is 3. The summed E-state index contributed by atoms with van der Waals surface area (Å²) in [4.78, 5) is 28.4. The number of nitrogens with zero attached hydrogens (tertiary/aromatic N) is 3. The topological polar surface area (TPSA) is 54.8 Å². The van der Waals surface area contributed by atoms with E-state index in [9.17, 15) is 9.59 Å². The molecule has 3 rings (SSSR count). The molecule has 2 aromatic rings. The Morgan fingerprint density at radius 1 is 1.00 bits per heavy atom. The third-order valence-corrected chi connectivity index (χ3v) is 5.11. The summed E-state index contributed by atoms with van der Waals surface area (Å²) in [6.45, 7) is 10.3. The Labute approximate surface area is 160 Å². The van der Waals surface area contributed by atoms with E-state index in [0.29, 0.717) is 32.8 Å². The molecule has 27 heavy (non-hydrogen) atoms. The molecule has 0 radical (unpaired) electrons. The molecule has 1 aromatic carbocycles. The summed E-state index contributed by atoms with van der Waals surface area (Å²) in [5.74, 6) is 0.0199. The lowest BCUT2D eigenvalue weighted by Crippen LogP contribution is -2.50. The maximum absolute atomic E-state index is 13.1. The molecular formula is C21H27N3O3. The first-order valence-corrected chi connectivity index (χ1v) is 9.40. The summed E-state index contributed by atoms with van der Waals surface area (Å²) in [6.07, 6.45) is -0.303. The Kier molecular flexibility index (Phi) is 5.54. The second-order valence-electron chi connectivity index (χ2n) is 6.88. The number of carbonyl (C=O) groups excluding carboxylic acids is 2. The van der Waals surface area contributed by atoms with Crippen molar-refractivity contribution in [3.05, 3.63) is 52.8 Å². The van der Waals surface area contributed by atoms with Gasteiger partial charge in [-0.3, -0.25) is 4.79 Å². The first-order chi connectivity index (χ1) is 12.9. The van der Waals surface area contributed by atoms with Crippen LogP contribution in [0.5, 0.6) is 0 Å². The number of hydrogen-bond donors (Lipinski definition) is 0. The van der Waals surface area contributed by atoms with Gasteiger partial charge in [0.2, 0.25) is 0 Å². The van der Waals surface area contributed by atoms with Gasteiger partial charge >= 0.3 is 6.09 Å². The number of aromatic nitrogens is 1. The Morgan fingerprint density at radius 3 is 2.26 bits per heavy atom. The van der Waals surface area contributed by atoms with Crippen LogP contribution in [0.3, 0.4) is 0 Å².